The highest BCUT2D eigenvalue weighted by Gasteiger charge is 2.53. The van der Waals surface area contributed by atoms with Gasteiger partial charge in [-0.05, 0) is 24.8 Å². The molecule has 0 bridgehead atoms. The lowest BCUT2D eigenvalue weighted by atomic mass is 9.85. The molecule has 2 rings (SSSR count). The van der Waals surface area contributed by atoms with Crippen LogP contribution in [0.25, 0.3) is 0 Å². The molecule has 2 N–H and O–H groups in total. The molecule has 108 valence electrons. The Labute approximate surface area is 114 Å². The van der Waals surface area contributed by atoms with Gasteiger partial charge in [0.05, 0.1) is 11.1 Å². The normalized spacial score (nSPS) is 26.8. The Balaban J connectivity index is 2.58. The van der Waals surface area contributed by atoms with Gasteiger partial charge < -0.3 is 10.6 Å². The zero-order valence-corrected chi connectivity index (χ0v) is 10.8. The standard InChI is InChI=1S/C11H14N4O5/c1-13-5-8(14(17)18)9(6-3-2-4-7(6)12)10(11(13)16)15(19)20/h5,9-10H,2-4,12H2,1H3. The number of nitro groups is 2. The first kappa shape index (κ1) is 14.0. The molecule has 0 saturated heterocycles. The summed E-state index contributed by atoms with van der Waals surface area (Å²) in [4.78, 5) is 33.8. The summed E-state index contributed by atoms with van der Waals surface area (Å²) >= 11 is 0. The van der Waals surface area contributed by atoms with E-state index < -0.39 is 27.7 Å². The Bertz CT molecular complexity index is 553. The highest BCUT2D eigenvalue weighted by Crippen LogP contribution is 2.38. The molecule has 0 spiro atoms. The minimum atomic E-state index is -1.68. The Morgan fingerprint density at radius 1 is 1.35 bits per heavy atom. The van der Waals surface area contributed by atoms with Gasteiger partial charge in [-0.1, -0.05) is 0 Å². The summed E-state index contributed by atoms with van der Waals surface area (Å²) in [5, 5.41) is 22.4. The molecule has 20 heavy (non-hydrogen) atoms. The van der Waals surface area contributed by atoms with E-state index in [0.717, 1.165) is 11.1 Å². The van der Waals surface area contributed by atoms with Crippen LogP contribution in [0.5, 0.6) is 0 Å². The van der Waals surface area contributed by atoms with Crippen molar-refractivity contribution in [2.24, 2.45) is 11.7 Å². The molecule has 2 aliphatic rings. The van der Waals surface area contributed by atoms with Crippen LogP contribution >= 0.6 is 0 Å². The van der Waals surface area contributed by atoms with E-state index in [1.807, 2.05) is 0 Å². The second-order valence-electron chi connectivity index (χ2n) is 4.87. The molecule has 1 heterocycles. The first-order valence-corrected chi connectivity index (χ1v) is 6.08. The van der Waals surface area contributed by atoms with Crippen molar-refractivity contribution in [3.05, 3.63) is 43.4 Å². The van der Waals surface area contributed by atoms with Crippen molar-refractivity contribution in [2.45, 2.75) is 25.3 Å². The SMILES string of the molecule is CN1C=C([N+](=O)[O-])C(C2=C(N)CCC2)C([N+](=O)[O-])C1=O. The first-order valence-electron chi connectivity index (χ1n) is 6.08. The molecule has 9 heteroatoms. The zero-order chi connectivity index (χ0) is 15.0. The quantitative estimate of drug-likeness (QED) is 0.582. The van der Waals surface area contributed by atoms with E-state index in [9.17, 15) is 25.0 Å². The third kappa shape index (κ3) is 2.10. The van der Waals surface area contributed by atoms with E-state index in [-0.39, 0.29) is 5.70 Å². The Morgan fingerprint density at radius 2 is 2.00 bits per heavy atom. The molecule has 0 aromatic rings. The summed E-state index contributed by atoms with van der Waals surface area (Å²) in [5.41, 5.74) is 6.32. The summed E-state index contributed by atoms with van der Waals surface area (Å²) in [7, 11) is 1.27. The number of likely N-dealkylation sites (N-methyl/N-ethyl adjacent to an activating group) is 1. The van der Waals surface area contributed by atoms with Crippen molar-refractivity contribution in [3.8, 4) is 0 Å². The molecule has 2 unspecified atom stereocenters. The molecule has 0 fully saturated rings. The molecule has 1 aliphatic heterocycles. The van der Waals surface area contributed by atoms with Gasteiger partial charge in [0, 0.05) is 17.7 Å². The number of hydrogen-bond donors (Lipinski definition) is 1. The van der Waals surface area contributed by atoms with E-state index in [1.165, 1.54) is 7.05 Å². The maximum absolute atomic E-state index is 12.0. The predicted molar refractivity (Wildman–Crippen MR) is 67.2 cm³/mol. The molecular formula is C11H14N4O5. The van der Waals surface area contributed by atoms with Crippen LogP contribution in [0.4, 0.5) is 0 Å². The van der Waals surface area contributed by atoms with Crippen LogP contribution in [-0.2, 0) is 4.79 Å². The van der Waals surface area contributed by atoms with Crippen LogP contribution in [0, 0.1) is 26.1 Å². The minimum Gasteiger partial charge on any atom is -0.402 e. The molecular weight excluding hydrogens is 268 g/mol. The van der Waals surface area contributed by atoms with Crippen molar-refractivity contribution >= 4 is 5.91 Å². The first-order chi connectivity index (χ1) is 9.34. The van der Waals surface area contributed by atoms with Gasteiger partial charge >= 0.3 is 11.9 Å². The largest absolute Gasteiger partial charge is 0.402 e. The van der Waals surface area contributed by atoms with E-state index in [4.69, 9.17) is 5.73 Å². The van der Waals surface area contributed by atoms with Crippen molar-refractivity contribution in [2.75, 3.05) is 7.05 Å². The number of hydrogen-bond acceptors (Lipinski definition) is 6. The van der Waals surface area contributed by atoms with Crippen LogP contribution in [-0.4, -0.2) is 33.7 Å². The molecule has 0 saturated carbocycles. The van der Waals surface area contributed by atoms with Crippen molar-refractivity contribution in [3.63, 3.8) is 0 Å². The molecule has 2 atom stereocenters. The van der Waals surface area contributed by atoms with Gasteiger partial charge in [0.2, 0.25) is 0 Å². The molecule has 9 nitrogen and oxygen atoms in total. The van der Waals surface area contributed by atoms with Crippen LogP contribution in [0.2, 0.25) is 0 Å². The summed E-state index contributed by atoms with van der Waals surface area (Å²) in [6.07, 6.45) is 2.73. The monoisotopic (exact) mass is 282 g/mol. The van der Waals surface area contributed by atoms with Gasteiger partial charge in [0.25, 0.3) is 5.70 Å². The molecule has 0 aromatic heterocycles. The van der Waals surface area contributed by atoms with Gasteiger partial charge in [0.1, 0.15) is 0 Å². The smallest absolute Gasteiger partial charge is 0.306 e. The maximum Gasteiger partial charge on any atom is 0.306 e. The topological polar surface area (TPSA) is 133 Å². The van der Waals surface area contributed by atoms with E-state index >= 15 is 0 Å². The van der Waals surface area contributed by atoms with Crippen molar-refractivity contribution in [1.82, 2.24) is 4.90 Å². The number of rotatable bonds is 3. The van der Waals surface area contributed by atoms with E-state index in [0.29, 0.717) is 30.5 Å². The average Bonchev–Trinajstić information content (AvgIpc) is 2.77. The predicted octanol–water partition coefficient (Wildman–Crippen LogP) is 0.235. The number of carbonyl (C=O) groups is 1. The fraction of sp³-hybridized carbons (Fsp3) is 0.545. The number of allylic oxidation sites excluding steroid dienone is 1. The molecule has 0 aromatic carbocycles. The average molecular weight is 282 g/mol. The minimum absolute atomic E-state index is 0.353. The highest BCUT2D eigenvalue weighted by molar-refractivity contribution is 5.84. The van der Waals surface area contributed by atoms with E-state index in [1.54, 1.807) is 0 Å². The summed E-state index contributed by atoms with van der Waals surface area (Å²) in [6, 6.07) is -1.68. The van der Waals surface area contributed by atoms with Gasteiger partial charge in [-0.3, -0.25) is 25.0 Å². The lowest BCUT2D eigenvalue weighted by Gasteiger charge is -2.27. The van der Waals surface area contributed by atoms with Crippen LogP contribution in [0.15, 0.2) is 23.2 Å². The second kappa shape index (κ2) is 4.91. The zero-order valence-electron chi connectivity index (χ0n) is 10.8. The lowest BCUT2D eigenvalue weighted by Crippen LogP contribution is -2.49. The fourth-order valence-electron chi connectivity index (χ4n) is 2.74. The van der Waals surface area contributed by atoms with E-state index in [2.05, 4.69) is 0 Å². The highest BCUT2D eigenvalue weighted by atomic mass is 16.6. The molecule has 1 aliphatic carbocycles. The molecule has 0 radical (unpaired) electrons. The van der Waals surface area contributed by atoms with Crippen molar-refractivity contribution in [1.29, 1.82) is 0 Å². The summed E-state index contributed by atoms with van der Waals surface area (Å²) < 4.78 is 0. The van der Waals surface area contributed by atoms with Gasteiger partial charge in [0.15, 0.2) is 5.92 Å². The summed E-state index contributed by atoms with van der Waals surface area (Å²) in [6.45, 7) is 0. The summed E-state index contributed by atoms with van der Waals surface area (Å²) in [5.74, 6) is -1.94. The molecule has 1 amide bonds. The van der Waals surface area contributed by atoms with Crippen LogP contribution in [0.1, 0.15) is 19.3 Å². The lowest BCUT2D eigenvalue weighted by molar-refractivity contribution is -0.527. The maximum atomic E-state index is 12.0. The number of nitrogens with zero attached hydrogens (tertiary/aromatic N) is 3. The van der Waals surface area contributed by atoms with Crippen molar-refractivity contribution < 1.29 is 14.6 Å². The second-order valence-corrected chi connectivity index (χ2v) is 4.87. The van der Waals surface area contributed by atoms with Gasteiger partial charge in [-0.15, -0.1) is 0 Å². The number of carbonyl (C=O) groups excluding carboxylic acids is 1. The van der Waals surface area contributed by atoms with Gasteiger partial charge in [-0.2, -0.15) is 0 Å². The number of nitrogens with two attached hydrogens (primary N) is 1. The van der Waals surface area contributed by atoms with Crippen LogP contribution < -0.4 is 5.73 Å². The van der Waals surface area contributed by atoms with Crippen LogP contribution in [0.3, 0.4) is 0 Å². The van der Waals surface area contributed by atoms with Gasteiger partial charge in [-0.25, -0.2) is 0 Å². The number of amides is 1. The third-order valence-electron chi connectivity index (χ3n) is 3.68. The Hall–Kier alpha value is -2.45. The Morgan fingerprint density at radius 3 is 2.45 bits per heavy atom. The Kier molecular flexibility index (Phi) is 3.43. The fourth-order valence-corrected chi connectivity index (χ4v) is 2.74. The third-order valence-corrected chi connectivity index (χ3v) is 3.68.